The molecule has 0 radical (unpaired) electrons. The number of hydrogen-bond acceptors (Lipinski definition) is 6. The van der Waals surface area contributed by atoms with E-state index in [4.69, 9.17) is 14.2 Å². The molecule has 0 heterocycles. The van der Waals surface area contributed by atoms with E-state index in [0.29, 0.717) is 19.3 Å². The van der Waals surface area contributed by atoms with Crippen molar-refractivity contribution in [3.05, 3.63) is 72.9 Å². The summed E-state index contributed by atoms with van der Waals surface area (Å²) in [4.78, 5) is 38.0. The Bertz CT molecular complexity index is 1210. The van der Waals surface area contributed by atoms with Crippen LogP contribution in [0.25, 0.3) is 0 Å². The minimum Gasteiger partial charge on any atom is -0.462 e. The van der Waals surface area contributed by atoms with E-state index >= 15 is 0 Å². The van der Waals surface area contributed by atoms with Crippen LogP contribution in [0.15, 0.2) is 72.9 Å². The molecular weight excluding hydrogens is 793 g/mol. The van der Waals surface area contributed by atoms with Gasteiger partial charge in [0.1, 0.15) is 13.2 Å². The molecule has 0 aliphatic heterocycles. The molecule has 0 bridgehead atoms. The molecule has 0 aliphatic carbocycles. The highest BCUT2D eigenvalue weighted by molar-refractivity contribution is 5.71. The van der Waals surface area contributed by atoms with E-state index in [0.717, 1.165) is 116 Å². The van der Waals surface area contributed by atoms with Gasteiger partial charge >= 0.3 is 17.9 Å². The van der Waals surface area contributed by atoms with Crippen molar-refractivity contribution in [2.24, 2.45) is 0 Å². The van der Waals surface area contributed by atoms with Crippen molar-refractivity contribution in [3.63, 3.8) is 0 Å². The van der Waals surface area contributed by atoms with E-state index in [9.17, 15) is 14.4 Å². The summed E-state index contributed by atoms with van der Waals surface area (Å²) in [6.45, 7) is 6.47. The Labute approximate surface area is 395 Å². The van der Waals surface area contributed by atoms with Crippen molar-refractivity contribution in [2.45, 2.75) is 264 Å². The first-order valence-electron chi connectivity index (χ1n) is 27.0. The zero-order valence-corrected chi connectivity index (χ0v) is 42.0. The van der Waals surface area contributed by atoms with Gasteiger partial charge in [-0.3, -0.25) is 14.4 Å². The molecule has 0 fully saturated rings. The van der Waals surface area contributed by atoms with E-state index in [1.165, 1.54) is 103 Å². The molecule has 0 aromatic carbocycles. The van der Waals surface area contributed by atoms with E-state index in [2.05, 4.69) is 93.7 Å². The molecule has 0 aromatic heterocycles. The van der Waals surface area contributed by atoms with E-state index in [1.807, 2.05) is 0 Å². The molecule has 368 valence electrons. The molecule has 64 heavy (non-hydrogen) atoms. The molecule has 1 atom stereocenters. The number of rotatable bonds is 48. The predicted molar refractivity (Wildman–Crippen MR) is 274 cm³/mol. The van der Waals surface area contributed by atoms with Crippen LogP contribution in [-0.4, -0.2) is 37.2 Å². The van der Waals surface area contributed by atoms with Crippen LogP contribution in [0, 0.1) is 0 Å². The third kappa shape index (κ3) is 49.9. The Kier molecular flexibility index (Phi) is 49.9. The first kappa shape index (κ1) is 60.9. The summed E-state index contributed by atoms with van der Waals surface area (Å²) in [5.74, 6) is -0.950. The number of unbranched alkanes of at least 4 members (excludes halogenated alkanes) is 26. The second-order valence-corrected chi connectivity index (χ2v) is 17.8. The molecule has 0 saturated carbocycles. The predicted octanol–water partition coefficient (Wildman–Crippen LogP) is 17.8. The fraction of sp³-hybridized carbons (Fsp3) is 0.741. The average molecular weight is 893 g/mol. The Hall–Kier alpha value is -3.15. The number of allylic oxidation sites excluding steroid dienone is 12. The van der Waals surface area contributed by atoms with Crippen LogP contribution in [0.3, 0.4) is 0 Å². The summed E-state index contributed by atoms with van der Waals surface area (Å²) >= 11 is 0. The molecular formula is C58H100O6. The topological polar surface area (TPSA) is 78.9 Å². The SMILES string of the molecule is CC/C=C\C/C=C\C/C=C\CCCCCCC(=O)OCC(COC(=O)CCCCC/C=C\C=C/CCCCCCCCC)OC(=O)CCCCCCC/C=C\CCCCCCCCC. The van der Waals surface area contributed by atoms with Crippen molar-refractivity contribution in [1.29, 1.82) is 0 Å². The maximum atomic E-state index is 12.8. The Balaban J connectivity index is 4.47. The van der Waals surface area contributed by atoms with Crippen molar-refractivity contribution >= 4 is 17.9 Å². The first-order chi connectivity index (χ1) is 31.5. The molecule has 0 aromatic rings. The van der Waals surface area contributed by atoms with Crippen LogP contribution in [0.5, 0.6) is 0 Å². The fourth-order valence-electron chi connectivity index (χ4n) is 7.38. The lowest BCUT2D eigenvalue weighted by atomic mass is 10.1. The molecule has 0 spiro atoms. The van der Waals surface area contributed by atoms with Gasteiger partial charge < -0.3 is 14.2 Å². The average Bonchev–Trinajstić information content (AvgIpc) is 3.29. The largest absolute Gasteiger partial charge is 0.462 e. The highest BCUT2D eigenvalue weighted by Crippen LogP contribution is 2.14. The molecule has 0 aliphatic rings. The third-order valence-electron chi connectivity index (χ3n) is 11.4. The lowest BCUT2D eigenvalue weighted by molar-refractivity contribution is -0.167. The zero-order chi connectivity index (χ0) is 46.5. The molecule has 0 N–H and O–H groups in total. The number of esters is 3. The van der Waals surface area contributed by atoms with Gasteiger partial charge in [-0.05, 0) is 103 Å². The van der Waals surface area contributed by atoms with Gasteiger partial charge in [0.25, 0.3) is 0 Å². The highest BCUT2D eigenvalue weighted by Gasteiger charge is 2.19. The van der Waals surface area contributed by atoms with Crippen LogP contribution >= 0.6 is 0 Å². The molecule has 0 saturated heterocycles. The van der Waals surface area contributed by atoms with Crippen molar-refractivity contribution in [2.75, 3.05) is 13.2 Å². The second kappa shape index (κ2) is 52.5. The molecule has 0 amide bonds. The van der Waals surface area contributed by atoms with E-state index in [-0.39, 0.29) is 31.1 Å². The Morgan fingerprint density at radius 1 is 0.344 bits per heavy atom. The maximum absolute atomic E-state index is 12.8. The smallest absolute Gasteiger partial charge is 0.306 e. The van der Waals surface area contributed by atoms with Crippen molar-refractivity contribution < 1.29 is 28.6 Å². The van der Waals surface area contributed by atoms with Gasteiger partial charge in [0, 0.05) is 19.3 Å². The minimum absolute atomic E-state index is 0.0989. The Morgan fingerprint density at radius 3 is 1.08 bits per heavy atom. The van der Waals surface area contributed by atoms with Crippen molar-refractivity contribution in [1.82, 2.24) is 0 Å². The molecule has 6 nitrogen and oxygen atoms in total. The lowest BCUT2D eigenvalue weighted by Crippen LogP contribution is -2.30. The van der Waals surface area contributed by atoms with E-state index < -0.39 is 6.10 Å². The fourth-order valence-corrected chi connectivity index (χ4v) is 7.38. The molecule has 1 unspecified atom stereocenters. The molecule has 0 rings (SSSR count). The van der Waals surface area contributed by atoms with E-state index in [1.54, 1.807) is 0 Å². The summed E-state index contributed by atoms with van der Waals surface area (Å²) < 4.78 is 16.8. The minimum atomic E-state index is -0.799. The standard InChI is InChI=1S/C58H100O6/c1-4-7-10-13-16-19-22-25-28-30-33-36-39-42-45-48-51-57(60)63-54-55(53-62-56(59)50-47-44-41-38-35-32-27-24-21-18-15-12-9-6-3)64-58(61)52-49-46-43-40-37-34-31-29-26-23-20-17-14-11-8-5-2/h9,12,18,21,27-33,36,55H,4-8,10-11,13-17,19-20,22-26,34-35,37-54H2,1-3H3/b12-9-,21-18-,30-28-,31-29-,32-27-,36-33-. The monoisotopic (exact) mass is 893 g/mol. The van der Waals surface area contributed by atoms with Gasteiger partial charge in [0.05, 0.1) is 0 Å². The zero-order valence-electron chi connectivity index (χ0n) is 42.0. The van der Waals surface area contributed by atoms with Gasteiger partial charge in [0.2, 0.25) is 0 Å². The van der Waals surface area contributed by atoms with Crippen LogP contribution in [-0.2, 0) is 28.6 Å². The normalized spacial score (nSPS) is 12.6. The number of carbonyl (C=O) groups excluding carboxylic acids is 3. The van der Waals surface area contributed by atoms with Gasteiger partial charge in [-0.1, -0.05) is 209 Å². The number of carbonyl (C=O) groups is 3. The molecule has 6 heteroatoms. The quantitative estimate of drug-likeness (QED) is 0.0199. The maximum Gasteiger partial charge on any atom is 0.306 e. The van der Waals surface area contributed by atoms with Crippen LogP contribution < -0.4 is 0 Å². The van der Waals surface area contributed by atoms with Crippen molar-refractivity contribution in [3.8, 4) is 0 Å². The summed E-state index contributed by atoms with van der Waals surface area (Å²) in [6, 6.07) is 0. The highest BCUT2D eigenvalue weighted by atomic mass is 16.6. The van der Waals surface area contributed by atoms with Gasteiger partial charge in [0.15, 0.2) is 6.10 Å². The number of hydrogen-bond donors (Lipinski definition) is 0. The van der Waals surface area contributed by atoms with Crippen LogP contribution in [0.2, 0.25) is 0 Å². The summed E-state index contributed by atoms with van der Waals surface area (Å²) in [5.41, 5.74) is 0. The summed E-state index contributed by atoms with van der Waals surface area (Å²) in [7, 11) is 0. The second-order valence-electron chi connectivity index (χ2n) is 17.8. The lowest BCUT2D eigenvalue weighted by Gasteiger charge is -2.18. The summed E-state index contributed by atoms with van der Waals surface area (Å²) in [6.07, 6.45) is 66.0. The first-order valence-corrected chi connectivity index (χ1v) is 27.0. The van der Waals surface area contributed by atoms with Crippen LogP contribution in [0.1, 0.15) is 258 Å². The van der Waals surface area contributed by atoms with Gasteiger partial charge in [-0.15, -0.1) is 0 Å². The Morgan fingerprint density at radius 2 is 0.656 bits per heavy atom. The van der Waals surface area contributed by atoms with Gasteiger partial charge in [-0.25, -0.2) is 0 Å². The van der Waals surface area contributed by atoms with Crippen LogP contribution in [0.4, 0.5) is 0 Å². The number of ether oxygens (including phenoxy) is 3. The third-order valence-corrected chi connectivity index (χ3v) is 11.4. The van der Waals surface area contributed by atoms with Gasteiger partial charge in [-0.2, -0.15) is 0 Å². The summed E-state index contributed by atoms with van der Waals surface area (Å²) in [5, 5.41) is 0.